The van der Waals surface area contributed by atoms with Crippen molar-refractivity contribution >= 4 is 5.69 Å². The van der Waals surface area contributed by atoms with Gasteiger partial charge in [0.2, 0.25) is 0 Å². The molecule has 3 nitrogen and oxygen atoms in total. The summed E-state index contributed by atoms with van der Waals surface area (Å²) in [4.78, 5) is 5.00. The van der Waals surface area contributed by atoms with Crippen molar-refractivity contribution in [3.05, 3.63) is 60.2 Å². The zero-order chi connectivity index (χ0) is 17.3. The molecule has 25 heavy (non-hydrogen) atoms. The molecule has 1 saturated heterocycles. The summed E-state index contributed by atoms with van der Waals surface area (Å²) in [5, 5.41) is 9.39. The first-order valence-electron chi connectivity index (χ1n) is 9.61. The Morgan fingerprint density at radius 1 is 0.720 bits per heavy atom. The van der Waals surface area contributed by atoms with E-state index in [1.165, 1.54) is 49.9 Å². The Hall–Kier alpha value is -2.00. The Morgan fingerprint density at radius 2 is 1.40 bits per heavy atom. The summed E-state index contributed by atoms with van der Waals surface area (Å²) in [6.45, 7) is 5.68. The number of piperazine rings is 1. The molecule has 1 N–H and O–H groups in total. The van der Waals surface area contributed by atoms with Gasteiger partial charge in [0.1, 0.15) is 5.75 Å². The van der Waals surface area contributed by atoms with Crippen molar-refractivity contribution in [3.8, 4) is 5.75 Å². The summed E-state index contributed by atoms with van der Waals surface area (Å²) in [5.74, 6) is 0.342. The molecule has 1 aliphatic heterocycles. The molecule has 0 aromatic heterocycles. The number of nitrogens with zero attached hydrogens (tertiary/aromatic N) is 2. The predicted molar refractivity (Wildman–Crippen MR) is 105 cm³/mol. The van der Waals surface area contributed by atoms with Crippen molar-refractivity contribution < 1.29 is 5.11 Å². The lowest BCUT2D eigenvalue weighted by molar-refractivity contribution is 0.252. The van der Waals surface area contributed by atoms with Gasteiger partial charge in [-0.2, -0.15) is 0 Å². The number of hydrogen-bond acceptors (Lipinski definition) is 3. The van der Waals surface area contributed by atoms with Crippen molar-refractivity contribution in [2.75, 3.05) is 37.6 Å². The first-order valence-corrected chi connectivity index (χ1v) is 9.61. The lowest BCUT2D eigenvalue weighted by Gasteiger charge is -2.36. The van der Waals surface area contributed by atoms with Gasteiger partial charge >= 0.3 is 0 Å². The zero-order valence-corrected chi connectivity index (χ0v) is 15.1. The second-order valence-corrected chi connectivity index (χ2v) is 6.99. The van der Waals surface area contributed by atoms with E-state index in [0.29, 0.717) is 5.75 Å². The highest BCUT2D eigenvalue weighted by atomic mass is 16.3. The van der Waals surface area contributed by atoms with Crippen molar-refractivity contribution in [3.63, 3.8) is 0 Å². The summed E-state index contributed by atoms with van der Waals surface area (Å²) >= 11 is 0. The summed E-state index contributed by atoms with van der Waals surface area (Å²) < 4.78 is 0. The van der Waals surface area contributed by atoms with Crippen LogP contribution in [0.1, 0.15) is 31.2 Å². The fourth-order valence-electron chi connectivity index (χ4n) is 3.56. The van der Waals surface area contributed by atoms with Crippen molar-refractivity contribution in [1.29, 1.82) is 0 Å². The van der Waals surface area contributed by atoms with Crippen LogP contribution < -0.4 is 4.90 Å². The molecule has 3 heteroatoms. The molecule has 0 aliphatic carbocycles. The van der Waals surface area contributed by atoms with Crippen LogP contribution in [0.2, 0.25) is 0 Å². The number of benzene rings is 2. The third-order valence-electron chi connectivity index (χ3n) is 5.12. The summed E-state index contributed by atoms with van der Waals surface area (Å²) in [5.41, 5.74) is 2.69. The van der Waals surface area contributed by atoms with Gasteiger partial charge in [-0.1, -0.05) is 43.2 Å². The van der Waals surface area contributed by atoms with Crippen molar-refractivity contribution in [2.24, 2.45) is 0 Å². The largest absolute Gasteiger partial charge is 0.508 e. The smallest absolute Gasteiger partial charge is 0.115 e. The molecule has 2 aromatic carbocycles. The van der Waals surface area contributed by atoms with E-state index in [1.54, 1.807) is 12.1 Å². The molecule has 0 spiro atoms. The minimum absolute atomic E-state index is 0.342. The molecule has 0 amide bonds. The Morgan fingerprint density at radius 3 is 2.12 bits per heavy atom. The van der Waals surface area contributed by atoms with Gasteiger partial charge in [0.05, 0.1) is 0 Å². The number of aromatic hydroxyl groups is 1. The third kappa shape index (κ3) is 5.79. The van der Waals surface area contributed by atoms with Gasteiger partial charge in [0, 0.05) is 31.9 Å². The fraction of sp³-hybridized carbons (Fsp3) is 0.455. The Balaban J connectivity index is 1.26. The highest BCUT2D eigenvalue weighted by molar-refractivity contribution is 5.49. The lowest BCUT2D eigenvalue weighted by atomic mass is 10.1. The summed E-state index contributed by atoms with van der Waals surface area (Å²) in [7, 11) is 0. The molecule has 3 rings (SSSR count). The monoisotopic (exact) mass is 338 g/mol. The topological polar surface area (TPSA) is 26.7 Å². The number of unbranched alkanes of at least 4 members (excludes halogenated alkanes) is 3. The van der Waals surface area contributed by atoms with Crippen LogP contribution in [0, 0.1) is 0 Å². The number of anilines is 1. The SMILES string of the molecule is Oc1ccc(N2CCN(CCCCCCc3ccccc3)CC2)cc1. The molecule has 0 atom stereocenters. The summed E-state index contributed by atoms with van der Waals surface area (Å²) in [6, 6.07) is 18.4. The molecular weight excluding hydrogens is 308 g/mol. The first-order chi connectivity index (χ1) is 12.3. The molecule has 1 fully saturated rings. The van der Waals surface area contributed by atoms with E-state index in [4.69, 9.17) is 0 Å². The number of aryl methyl sites for hydroxylation is 1. The normalized spacial score (nSPS) is 15.4. The van der Waals surface area contributed by atoms with Gasteiger partial charge in [0.25, 0.3) is 0 Å². The molecule has 0 saturated carbocycles. The third-order valence-corrected chi connectivity index (χ3v) is 5.12. The Kier molecular flexibility index (Phi) is 6.75. The van der Waals surface area contributed by atoms with Crippen molar-refractivity contribution in [2.45, 2.75) is 32.1 Å². The highest BCUT2D eigenvalue weighted by Gasteiger charge is 2.16. The fourth-order valence-corrected chi connectivity index (χ4v) is 3.56. The summed E-state index contributed by atoms with van der Waals surface area (Å²) in [6.07, 6.45) is 6.51. The van der Waals surface area contributed by atoms with Gasteiger partial charge in [-0.25, -0.2) is 0 Å². The molecule has 134 valence electrons. The van der Waals surface area contributed by atoms with Crippen LogP contribution in [0.4, 0.5) is 5.69 Å². The maximum absolute atomic E-state index is 9.39. The van der Waals surface area contributed by atoms with Crippen LogP contribution in [0.25, 0.3) is 0 Å². The lowest BCUT2D eigenvalue weighted by Crippen LogP contribution is -2.46. The predicted octanol–water partition coefficient (Wildman–Crippen LogP) is 4.32. The Bertz CT molecular complexity index is 604. The second kappa shape index (κ2) is 9.47. The molecule has 0 radical (unpaired) electrons. The van der Waals surface area contributed by atoms with Crippen LogP contribution in [0.3, 0.4) is 0 Å². The Labute approximate surface area is 151 Å². The molecule has 1 aliphatic rings. The van der Waals surface area contributed by atoms with Crippen LogP contribution >= 0.6 is 0 Å². The number of phenols is 1. The molecular formula is C22H30N2O. The molecule has 0 bridgehead atoms. The van der Waals surface area contributed by atoms with Gasteiger partial charge in [-0.15, -0.1) is 0 Å². The minimum Gasteiger partial charge on any atom is -0.508 e. The van der Waals surface area contributed by atoms with E-state index in [-0.39, 0.29) is 0 Å². The quantitative estimate of drug-likeness (QED) is 0.726. The van der Waals surface area contributed by atoms with E-state index in [2.05, 4.69) is 40.1 Å². The maximum Gasteiger partial charge on any atom is 0.115 e. The first kappa shape index (κ1) is 17.8. The van der Waals surface area contributed by atoms with E-state index >= 15 is 0 Å². The molecule has 2 aromatic rings. The van der Waals surface area contributed by atoms with Gasteiger partial charge in [-0.05, 0) is 55.6 Å². The highest BCUT2D eigenvalue weighted by Crippen LogP contribution is 2.20. The number of hydrogen-bond donors (Lipinski definition) is 1. The number of phenolic OH excluding ortho intramolecular Hbond substituents is 1. The average molecular weight is 338 g/mol. The minimum atomic E-state index is 0.342. The van der Waals surface area contributed by atoms with Gasteiger partial charge < -0.3 is 10.0 Å². The zero-order valence-electron chi connectivity index (χ0n) is 15.1. The second-order valence-electron chi connectivity index (χ2n) is 6.99. The van der Waals surface area contributed by atoms with E-state index in [9.17, 15) is 5.11 Å². The number of rotatable bonds is 8. The van der Waals surface area contributed by atoms with Crippen LogP contribution in [0.15, 0.2) is 54.6 Å². The molecule has 0 unspecified atom stereocenters. The average Bonchev–Trinajstić information content (AvgIpc) is 2.67. The van der Waals surface area contributed by atoms with Gasteiger partial charge in [0.15, 0.2) is 0 Å². The maximum atomic E-state index is 9.39. The van der Waals surface area contributed by atoms with Crippen LogP contribution in [0.5, 0.6) is 5.75 Å². The van der Waals surface area contributed by atoms with E-state index in [0.717, 1.165) is 26.2 Å². The molecule has 1 heterocycles. The van der Waals surface area contributed by atoms with E-state index < -0.39 is 0 Å². The van der Waals surface area contributed by atoms with Crippen LogP contribution in [-0.2, 0) is 6.42 Å². The van der Waals surface area contributed by atoms with Gasteiger partial charge in [-0.3, -0.25) is 4.90 Å². The van der Waals surface area contributed by atoms with E-state index in [1.807, 2.05) is 12.1 Å². The van der Waals surface area contributed by atoms with Crippen molar-refractivity contribution in [1.82, 2.24) is 4.90 Å². The standard InChI is InChI=1S/C22H30N2O/c25-22-13-11-21(12-14-22)24-18-16-23(17-19-24)15-7-2-1-4-8-20-9-5-3-6-10-20/h3,5-6,9-14,25H,1-2,4,7-8,15-19H2. The van der Waals surface area contributed by atoms with Crippen LogP contribution in [-0.4, -0.2) is 42.7 Å².